The molecule has 1 aromatic rings. The second-order valence-electron chi connectivity index (χ2n) is 5.32. The minimum absolute atomic E-state index is 0.295. The minimum Gasteiger partial charge on any atom is -0.491 e. The molecule has 0 fully saturated rings. The van der Waals surface area contributed by atoms with Crippen LogP contribution in [0.25, 0.3) is 0 Å². The molecule has 0 aliphatic rings. The summed E-state index contributed by atoms with van der Waals surface area (Å²) in [7, 11) is 4.13. The number of halogens is 1. The molecule has 0 amide bonds. The highest BCUT2D eigenvalue weighted by molar-refractivity contribution is 9.10. The molecule has 2 N–H and O–H groups in total. The molecule has 0 saturated carbocycles. The van der Waals surface area contributed by atoms with Gasteiger partial charge in [0.25, 0.3) is 0 Å². The molecule has 4 nitrogen and oxygen atoms in total. The summed E-state index contributed by atoms with van der Waals surface area (Å²) in [6.07, 6.45) is 0.558. The molecule has 0 aliphatic heterocycles. The molecule has 0 aliphatic carbocycles. The average Bonchev–Trinajstić information content (AvgIpc) is 2.40. The molecular weight excluding hydrogens is 320 g/mol. The Morgan fingerprint density at radius 3 is 2.80 bits per heavy atom. The summed E-state index contributed by atoms with van der Waals surface area (Å²) < 4.78 is 6.52. The number of aliphatic hydroxyl groups is 1. The Hall–Kier alpha value is -0.620. The molecule has 1 aromatic carbocycles. The number of hydrogen-bond donors (Lipinski definition) is 2. The van der Waals surface area contributed by atoms with Crippen molar-refractivity contribution >= 4 is 15.9 Å². The van der Waals surface area contributed by atoms with E-state index in [4.69, 9.17) is 4.74 Å². The van der Waals surface area contributed by atoms with Crippen molar-refractivity contribution in [1.82, 2.24) is 10.2 Å². The van der Waals surface area contributed by atoms with E-state index >= 15 is 0 Å². The maximum Gasteiger partial charge on any atom is 0.120 e. The largest absolute Gasteiger partial charge is 0.491 e. The molecule has 20 heavy (non-hydrogen) atoms. The molecule has 2 unspecified atom stereocenters. The molecule has 5 heteroatoms. The fourth-order valence-corrected chi connectivity index (χ4v) is 2.08. The molecule has 1 rings (SSSR count). The normalized spacial score (nSPS) is 14.3. The quantitative estimate of drug-likeness (QED) is 0.720. The van der Waals surface area contributed by atoms with E-state index in [0.29, 0.717) is 19.2 Å². The third-order valence-electron chi connectivity index (χ3n) is 2.95. The van der Waals surface area contributed by atoms with Crippen LogP contribution in [0.4, 0.5) is 0 Å². The summed E-state index contributed by atoms with van der Waals surface area (Å²) in [5.74, 6) is 0.763. The SMILES string of the molecule is CC(CCN(C)C)NCC(O)COc1cccc(Br)c1. The van der Waals surface area contributed by atoms with E-state index in [1.807, 2.05) is 24.3 Å². The van der Waals surface area contributed by atoms with Gasteiger partial charge in [-0.2, -0.15) is 0 Å². The van der Waals surface area contributed by atoms with Gasteiger partial charge >= 0.3 is 0 Å². The lowest BCUT2D eigenvalue weighted by Gasteiger charge is -2.19. The lowest BCUT2D eigenvalue weighted by atomic mass is 10.2. The van der Waals surface area contributed by atoms with Crippen molar-refractivity contribution in [3.05, 3.63) is 28.7 Å². The van der Waals surface area contributed by atoms with Crippen molar-refractivity contribution in [3.8, 4) is 5.75 Å². The first-order valence-electron chi connectivity index (χ1n) is 6.92. The van der Waals surface area contributed by atoms with Crippen LogP contribution in [-0.4, -0.2) is 55.9 Å². The molecular formula is C15H25BrN2O2. The van der Waals surface area contributed by atoms with Gasteiger partial charge in [0.15, 0.2) is 0 Å². The van der Waals surface area contributed by atoms with Gasteiger partial charge in [-0.1, -0.05) is 22.0 Å². The highest BCUT2D eigenvalue weighted by Gasteiger charge is 2.08. The monoisotopic (exact) mass is 344 g/mol. The standard InChI is InChI=1S/C15H25BrN2O2/c1-12(7-8-18(2)3)17-10-14(19)11-20-15-6-4-5-13(16)9-15/h4-6,9,12,14,17,19H,7-8,10-11H2,1-3H3. The summed E-state index contributed by atoms with van der Waals surface area (Å²) in [4.78, 5) is 2.16. The number of nitrogens with one attached hydrogen (secondary N) is 1. The van der Waals surface area contributed by atoms with Crippen LogP contribution in [0.1, 0.15) is 13.3 Å². The maximum absolute atomic E-state index is 9.90. The first-order valence-corrected chi connectivity index (χ1v) is 7.71. The number of rotatable bonds is 9. The summed E-state index contributed by atoms with van der Waals surface area (Å²) in [5.41, 5.74) is 0. The van der Waals surface area contributed by atoms with Gasteiger partial charge < -0.3 is 20.1 Å². The van der Waals surface area contributed by atoms with Gasteiger partial charge in [-0.3, -0.25) is 0 Å². The zero-order valence-electron chi connectivity index (χ0n) is 12.5. The van der Waals surface area contributed by atoms with E-state index in [2.05, 4.69) is 47.2 Å². The van der Waals surface area contributed by atoms with Gasteiger partial charge in [-0.05, 0) is 52.2 Å². The second-order valence-corrected chi connectivity index (χ2v) is 6.24. The molecule has 0 bridgehead atoms. The maximum atomic E-state index is 9.90. The number of nitrogens with zero attached hydrogens (tertiary/aromatic N) is 1. The summed E-state index contributed by atoms with van der Waals surface area (Å²) in [5, 5.41) is 13.2. The summed E-state index contributed by atoms with van der Waals surface area (Å²) >= 11 is 3.39. The van der Waals surface area contributed by atoms with Crippen LogP contribution in [0, 0.1) is 0 Å². The average molecular weight is 345 g/mol. The second kappa shape index (κ2) is 9.34. The van der Waals surface area contributed by atoms with Gasteiger partial charge in [-0.15, -0.1) is 0 Å². The minimum atomic E-state index is -0.504. The van der Waals surface area contributed by atoms with E-state index in [9.17, 15) is 5.11 Å². The van der Waals surface area contributed by atoms with Crippen molar-refractivity contribution < 1.29 is 9.84 Å². The van der Waals surface area contributed by atoms with Gasteiger partial charge in [0.05, 0.1) is 0 Å². The Bertz CT molecular complexity index is 388. The molecule has 0 saturated heterocycles. The fourth-order valence-electron chi connectivity index (χ4n) is 1.70. The van der Waals surface area contributed by atoms with Gasteiger partial charge in [0.2, 0.25) is 0 Å². The van der Waals surface area contributed by atoms with Crippen LogP contribution >= 0.6 is 15.9 Å². The van der Waals surface area contributed by atoms with Gasteiger partial charge in [0.1, 0.15) is 18.5 Å². The Kier molecular flexibility index (Phi) is 8.14. The van der Waals surface area contributed by atoms with E-state index in [0.717, 1.165) is 23.2 Å². The lowest BCUT2D eigenvalue weighted by molar-refractivity contribution is 0.103. The number of ether oxygens (including phenoxy) is 1. The van der Waals surface area contributed by atoms with Crippen molar-refractivity contribution in [2.24, 2.45) is 0 Å². The third-order valence-corrected chi connectivity index (χ3v) is 3.44. The molecule has 0 spiro atoms. The zero-order chi connectivity index (χ0) is 15.0. The van der Waals surface area contributed by atoms with E-state index in [1.165, 1.54) is 0 Å². The first-order chi connectivity index (χ1) is 9.47. The molecule has 0 heterocycles. The highest BCUT2D eigenvalue weighted by atomic mass is 79.9. The lowest BCUT2D eigenvalue weighted by Crippen LogP contribution is -2.37. The Morgan fingerprint density at radius 2 is 2.15 bits per heavy atom. The van der Waals surface area contributed by atoms with Crippen LogP contribution in [0.5, 0.6) is 5.75 Å². The predicted octanol–water partition coefficient (Wildman–Crippen LogP) is 2.12. The molecule has 2 atom stereocenters. The number of benzene rings is 1. The van der Waals surface area contributed by atoms with E-state index in [-0.39, 0.29) is 0 Å². The van der Waals surface area contributed by atoms with Gasteiger partial charge in [0, 0.05) is 17.1 Å². The van der Waals surface area contributed by atoms with Crippen molar-refractivity contribution in [3.63, 3.8) is 0 Å². The Morgan fingerprint density at radius 1 is 1.40 bits per heavy atom. The van der Waals surface area contributed by atoms with Crippen LogP contribution < -0.4 is 10.1 Å². The Labute approximate surface area is 130 Å². The van der Waals surface area contributed by atoms with Crippen LogP contribution in [-0.2, 0) is 0 Å². The van der Waals surface area contributed by atoms with Gasteiger partial charge in [-0.25, -0.2) is 0 Å². The predicted molar refractivity (Wildman–Crippen MR) is 86.3 cm³/mol. The number of aliphatic hydroxyl groups excluding tert-OH is 1. The Balaban J connectivity index is 2.18. The topological polar surface area (TPSA) is 44.7 Å². The van der Waals surface area contributed by atoms with Crippen LogP contribution in [0.15, 0.2) is 28.7 Å². The molecule has 0 aromatic heterocycles. The molecule has 114 valence electrons. The van der Waals surface area contributed by atoms with Crippen molar-refractivity contribution in [2.45, 2.75) is 25.5 Å². The van der Waals surface area contributed by atoms with Crippen molar-refractivity contribution in [1.29, 1.82) is 0 Å². The van der Waals surface area contributed by atoms with Crippen LogP contribution in [0.2, 0.25) is 0 Å². The van der Waals surface area contributed by atoms with Crippen LogP contribution in [0.3, 0.4) is 0 Å². The first kappa shape index (κ1) is 17.4. The number of hydrogen-bond acceptors (Lipinski definition) is 4. The van der Waals surface area contributed by atoms with E-state index in [1.54, 1.807) is 0 Å². The fraction of sp³-hybridized carbons (Fsp3) is 0.600. The summed E-state index contributed by atoms with van der Waals surface area (Å²) in [6.45, 7) is 4.01. The third kappa shape index (κ3) is 7.85. The summed E-state index contributed by atoms with van der Waals surface area (Å²) in [6, 6.07) is 8.01. The smallest absolute Gasteiger partial charge is 0.120 e. The molecule has 0 radical (unpaired) electrons. The van der Waals surface area contributed by atoms with E-state index < -0.39 is 6.10 Å². The van der Waals surface area contributed by atoms with Crippen molar-refractivity contribution in [2.75, 3.05) is 33.8 Å². The zero-order valence-corrected chi connectivity index (χ0v) is 14.1. The highest BCUT2D eigenvalue weighted by Crippen LogP contribution is 2.17.